The number of fused-ring (bicyclic) bond motifs is 1. The predicted molar refractivity (Wildman–Crippen MR) is 143 cm³/mol. The molecule has 0 spiro atoms. The molecule has 3 N–H and O–H groups in total. The molecule has 230 valence electrons. The minimum absolute atomic E-state index is 0.118. The van der Waals surface area contributed by atoms with Crippen LogP contribution < -0.4 is 16.0 Å². The minimum Gasteiger partial charge on any atom is -0.345 e. The van der Waals surface area contributed by atoms with E-state index in [0.29, 0.717) is 49.3 Å². The molecule has 3 amide bonds. The second kappa shape index (κ2) is 13.9. The van der Waals surface area contributed by atoms with Gasteiger partial charge in [0.2, 0.25) is 11.8 Å². The number of imidazole rings is 1. The molecule has 6 rings (SSSR count). The highest BCUT2D eigenvalue weighted by Gasteiger charge is 2.33. The van der Waals surface area contributed by atoms with E-state index < -0.39 is 11.8 Å². The van der Waals surface area contributed by atoms with Gasteiger partial charge in [0.15, 0.2) is 11.3 Å². The van der Waals surface area contributed by atoms with E-state index in [-0.39, 0.29) is 55.8 Å². The molecule has 3 saturated carbocycles. The van der Waals surface area contributed by atoms with Crippen molar-refractivity contribution in [1.82, 2.24) is 40.9 Å². The Hall–Kier alpha value is -3.78. The Morgan fingerprint density at radius 1 is 0.952 bits per heavy atom. The first-order valence-electron chi connectivity index (χ1n) is 14.2. The van der Waals surface area contributed by atoms with E-state index in [1.54, 1.807) is 24.0 Å². The van der Waals surface area contributed by atoms with Crippen LogP contribution in [0.3, 0.4) is 0 Å². The van der Waals surface area contributed by atoms with Gasteiger partial charge in [-0.1, -0.05) is 11.6 Å². The number of nitrogens with zero attached hydrogens (tertiary/aromatic N) is 5. The van der Waals surface area contributed by atoms with Crippen molar-refractivity contribution in [2.45, 2.75) is 101 Å². The highest BCUT2D eigenvalue weighted by molar-refractivity contribution is 5.93. The Balaban J connectivity index is 0.000000219. The Kier molecular flexibility index (Phi) is 10.3. The number of urea groups is 1. The highest BCUT2D eigenvalue weighted by atomic mass is 19.3. The summed E-state index contributed by atoms with van der Waals surface area (Å²) < 4.78 is 54.6. The molecule has 0 atom stereocenters. The molecule has 3 heterocycles. The average Bonchev–Trinajstić information content (AvgIpc) is 3.33. The molecule has 0 radical (unpaired) electrons. The van der Waals surface area contributed by atoms with E-state index in [9.17, 15) is 27.2 Å². The third-order valence-corrected chi connectivity index (χ3v) is 7.15. The van der Waals surface area contributed by atoms with E-state index in [1.807, 2.05) is 6.07 Å². The van der Waals surface area contributed by atoms with Crippen LogP contribution in [0.4, 0.5) is 22.4 Å². The smallest absolute Gasteiger partial charge is 0.314 e. The molecule has 11 nitrogen and oxygen atoms in total. The third-order valence-electron chi connectivity index (χ3n) is 7.15. The lowest BCUT2D eigenvalue weighted by molar-refractivity contribution is -0.0337. The quantitative estimate of drug-likeness (QED) is 0.335. The molecule has 15 heteroatoms. The number of hydrogen-bond acceptors (Lipinski definition) is 7. The number of carbonyl (C=O) groups is 2. The zero-order chi connectivity index (χ0) is 30.2. The number of nitrogens with one attached hydrogen (secondary N) is 3. The molecular formula is C27H36F4N8O3. The van der Waals surface area contributed by atoms with Crippen molar-refractivity contribution < 1.29 is 31.8 Å². The molecule has 0 unspecified atom stereocenters. The lowest BCUT2D eigenvalue weighted by Gasteiger charge is -2.20. The van der Waals surface area contributed by atoms with Gasteiger partial charge >= 0.3 is 6.03 Å². The van der Waals surface area contributed by atoms with Gasteiger partial charge in [-0.25, -0.2) is 36.5 Å². The van der Waals surface area contributed by atoms with E-state index in [4.69, 9.17) is 4.63 Å². The van der Waals surface area contributed by atoms with Gasteiger partial charge in [-0.2, -0.15) is 5.10 Å². The first-order chi connectivity index (χ1) is 20.0. The van der Waals surface area contributed by atoms with Crippen molar-refractivity contribution in [3.63, 3.8) is 0 Å². The van der Waals surface area contributed by atoms with Crippen LogP contribution in [0.15, 0.2) is 23.1 Å². The number of hydrogen-bond donors (Lipinski definition) is 3. The molecule has 3 fully saturated rings. The van der Waals surface area contributed by atoms with E-state index in [0.717, 1.165) is 24.8 Å². The van der Waals surface area contributed by atoms with Gasteiger partial charge in [-0.3, -0.25) is 4.79 Å². The zero-order valence-electron chi connectivity index (χ0n) is 23.5. The Bertz CT molecular complexity index is 1330. The molecule has 42 heavy (non-hydrogen) atoms. The number of alkyl halides is 4. The zero-order valence-corrected chi connectivity index (χ0v) is 23.5. The topological polar surface area (TPSA) is 139 Å². The summed E-state index contributed by atoms with van der Waals surface area (Å²) in [6, 6.07) is 1.55. The van der Waals surface area contributed by atoms with Crippen molar-refractivity contribution in [3.8, 4) is 0 Å². The molecule has 0 aliphatic heterocycles. The third kappa shape index (κ3) is 9.38. The van der Waals surface area contributed by atoms with Gasteiger partial charge in [-0.05, 0) is 55.3 Å². The van der Waals surface area contributed by atoms with E-state index >= 15 is 0 Å². The predicted octanol–water partition coefficient (Wildman–Crippen LogP) is 5.13. The van der Waals surface area contributed by atoms with E-state index in [2.05, 4.69) is 36.3 Å². The summed E-state index contributed by atoms with van der Waals surface area (Å²) in [6.07, 6.45) is 9.72. The first kappa shape index (κ1) is 31.2. The Labute approximate surface area is 240 Å². The molecule has 3 aromatic rings. The maximum atomic E-state index is 12.3. The first-order valence-corrected chi connectivity index (χ1v) is 14.2. The van der Waals surface area contributed by atoms with Crippen LogP contribution in [0.25, 0.3) is 5.65 Å². The van der Waals surface area contributed by atoms with Gasteiger partial charge in [0.1, 0.15) is 5.69 Å². The average molecular weight is 597 g/mol. The van der Waals surface area contributed by atoms with E-state index in [1.165, 1.54) is 0 Å². The SMILES string of the molecule is CNC(=O)NCc1cnn2cc(CNC(=O)c3nonc3C3CC3)nc2c1.FC1(F)CCCC1.FC1(F)CCCCC1. The Morgan fingerprint density at radius 3 is 2.14 bits per heavy atom. The summed E-state index contributed by atoms with van der Waals surface area (Å²) in [6.45, 7) is 0.566. The summed E-state index contributed by atoms with van der Waals surface area (Å²) in [5, 5.41) is 19.7. The van der Waals surface area contributed by atoms with Gasteiger partial charge < -0.3 is 16.0 Å². The number of aromatic nitrogens is 5. The van der Waals surface area contributed by atoms with Gasteiger partial charge in [0.05, 0.1) is 24.6 Å². The maximum Gasteiger partial charge on any atom is 0.314 e. The van der Waals surface area contributed by atoms with Crippen LogP contribution in [0.1, 0.15) is 104 Å². The highest BCUT2D eigenvalue weighted by Crippen LogP contribution is 2.40. The largest absolute Gasteiger partial charge is 0.345 e. The Morgan fingerprint density at radius 2 is 1.60 bits per heavy atom. The molecule has 0 aromatic carbocycles. The number of rotatable bonds is 6. The number of amides is 3. The molecule has 3 aliphatic carbocycles. The summed E-state index contributed by atoms with van der Waals surface area (Å²) in [4.78, 5) is 28.0. The lowest BCUT2D eigenvalue weighted by Crippen LogP contribution is -2.32. The van der Waals surface area contributed by atoms with Gasteiger partial charge in [0.25, 0.3) is 5.91 Å². The molecule has 3 aromatic heterocycles. The summed E-state index contributed by atoms with van der Waals surface area (Å²) >= 11 is 0. The van der Waals surface area contributed by atoms with Crippen LogP contribution in [0, 0.1) is 0 Å². The van der Waals surface area contributed by atoms with Crippen molar-refractivity contribution in [1.29, 1.82) is 0 Å². The van der Waals surface area contributed by atoms with Crippen LogP contribution in [-0.4, -0.2) is 55.7 Å². The van der Waals surface area contributed by atoms with Gasteiger partial charge in [0, 0.05) is 45.2 Å². The maximum absolute atomic E-state index is 12.3. The summed E-state index contributed by atoms with van der Waals surface area (Å²) in [5.74, 6) is -4.69. The number of halogens is 4. The second-order valence-corrected chi connectivity index (χ2v) is 10.8. The standard InChI is InChI=1S/C16H18N8O3.C6H10F2.C5H8F2/c1-17-16(26)19-5-9-4-12-21-11(8-24(12)20-6-9)7-18-15(25)14-13(10-2-3-10)22-27-23-14;7-6(8)4-2-1-3-5-6;6-5(7)3-1-2-4-5/h4,6,8,10H,2-3,5,7H2,1H3,(H,18,25)(H2,17,19,26);1-5H2;1-4H2. The minimum atomic E-state index is -2.32. The van der Waals surface area contributed by atoms with Crippen molar-refractivity contribution >= 4 is 17.6 Å². The fourth-order valence-corrected chi connectivity index (χ4v) is 4.61. The number of carbonyl (C=O) groups excluding carboxylic acids is 2. The van der Waals surface area contributed by atoms with Crippen LogP contribution >= 0.6 is 0 Å². The van der Waals surface area contributed by atoms with Crippen LogP contribution in [0.2, 0.25) is 0 Å². The lowest BCUT2D eigenvalue weighted by atomic mass is 9.97. The van der Waals surface area contributed by atoms with Crippen molar-refractivity contribution in [2.75, 3.05) is 7.05 Å². The second-order valence-electron chi connectivity index (χ2n) is 10.8. The normalized spacial score (nSPS) is 18.7. The molecule has 3 aliphatic rings. The summed E-state index contributed by atoms with van der Waals surface area (Å²) in [7, 11) is 1.55. The van der Waals surface area contributed by atoms with Crippen LogP contribution in [0.5, 0.6) is 0 Å². The fourth-order valence-electron chi connectivity index (χ4n) is 4.61. The fraction of sp³-hybridized carbons (Fsp3) is 0.630. The molecular weight excluding hydrogens is 560 g/mol. The molecule has 0 saturated heterocycles. The molecule has 0 bridgehead atoms. The van der Waals surface area contributed by atoms with Crippen molar-refractivity contribution in [2.24, 2.45) is 0 Å². The summed E-state index contributed by atoms with van der Waals surface area (Å²) in [5.41, 5.74) is 2.95. The van der Waals surface area contributed by atoms with Gasteiger partial charge in [-0.15, -0.1) is 0 Å². The van der Waals surface area contributed by atoms with Crippen LogP contribution in [-0.2, 0) is 13.1 Å². The monoisotopic (exact) mass is 596 g/mol. The van der Waals surface area contributed by atoms with Crippen molar-refractivity contribution in [3.05, 3.63) is 41.1 Å².